The Labute approximate surface area is 159 Å². The van der Waals surface area contributed by atoms with Crippen LogP contribution in [0.15, 0.2) is 18.5 Å². The number of nitrogens with zero attached hydrogens (tertiary/aromatic N) is 2. The zero-order chi connectivity index (χ0) is 18.7. The molecule has 0 fully saturated rings. The van der Waals surface area contributed by atoms with Gasteiger partial charge in [0.1, 0.15) is 5.15 Å². The van der Waals surface area contributed by atoms with Gasteiger partial charge in [0.2, 0.25) is 0 Å². The predicted molar refractivity (Wildman–Crippen MR) is 98.8 cm³/mol. The molecule has 0 radical (unpaired) electrons. The molecule has 6 nitrogen and oxygen atoms in total. The number of aryl methyl sites for hydroxylation is 1. The zero-order valence-corrected chi connectivity index (χ0v) is 15.9. The molecule has 2 rings (SSSR count). The quantitative estimate of drug-likeness (QED) is 0.721. The van der Waals surface area contributed by atoms with E-state index in [2.05, 4.69) is 20.6 Å². The molecule has 0 unspecified atom stereocenters. The average molecular weight is 402 g/mol. The van der Waals surface area contributed by atoms with Crippen LogP contribution in [0.3, 0.4) is 0 Å². The second-order valence-corrected chi connectivity index (χ2v) is 6.68. The van der Waals surface area contributed by atoms with Crippen LogP contribution in [0.5, 0.6) is 0 Å². The fraction of sp³-hybridized carbons (Fsp3) is 0.250. The number of halogens is 3. The first-order valence-electron chi connectivity index (χ1n) is 7.29. The van der Waals surface area contributed by atoms with Crippen LogP contribution in [0.1, 0.15) is 41.4 Å². The van der Waals surface area contributed by atoms with Gasteiger partial charge in [-0.1, -0.05) is 48.7 Å². The van der Waals surface area contributed by atoms with Gasteiger partial charge >= 0.3 is 6.03 Å². The van der Waals surface area contributed by atoms with Gasteiger partial charge in [-0.3, -0.25) is 15.1 Å². The summed E-state index contributed by atoms with van der Waals surface area (Å²) in [5.74, 6) is -0.720. The van der Waals surface area contributed by atoms with Gasteiger partial charge in [-0.15, -0.1) is 0 Å². The van der Waals surface area contributed by atoms with E-state index in [1.54, 1.807) is 12.3 Å². The van der Waals surface area contributed by atoms with Gasteiger partial charge in [-0.2, -0.15) is 0 Å². The van der Waals surface area contributed by atoms with E-state index in [9.17, 15) is 9.59 Å². The highest BCUT2D eigenvalue weighted by Crippen LogP contribution is 2.29. The van der Waals surface area contributed by atoms with E-state index in [1.165, 1.54) is 6.20 Å². The van der Waals surface area contributed by atoms with E-state index in [0.717, 1.165) is 5.56 Å². The summed E-state index contributed by atoms with van der Waals surface area (Å²) in [6.07, 6.45) is 2.88. The number of pyridine rings is 2. The molecule has 0 spiro atoms. The van der Waals surface area contributed by atoms with E-state index in [1.807, 2.05) is 20.8 Å². The Balaban J connectivity index is 2.22. The smallest absolute Gasteiger partial charge is 0.306 e. The molecule has 132 valence electrons. The van der Waals surface area contributed by atoms with E-state index < -0.39 is 11.9 Å². The third-order valence-corrected chi connectivity index (χ3v) is 4.42. The molecule has 0 aliphatic carbocycles. The number of urea groups is 1. The van der Waals surface area contributed by atoms with Crippen LogP contribution in [-0.4, -0.2) is 21.9 Å². The van der Waals surface area contributed by atoms with Crippen molar-refractivity contribution in [2.45, 2.75) is 26.7 Å². The fourth-order valence-corrected chi connectivity index (χ4v) is 2.77. The number of imide groups is 1. The standard InChI is InChI=1S/C16H15Cl3N4O2/c1-7(2)12-13(8(3)4-5-20-12)22-16(25)23-15(24)10-11(18)9(17)6-21-14(10)19/h4-7H,1-3H3,(H2,22,23,24,25). The van der Waals surface area contributed by atoms with Crippen LogP contribution >= 0.6 is 34.8 Å². The highest BCUT2D eigenvalue weighted by atomic mass is 35.5. The molecule has 3 amide bonds. The van der Waals surface area contributed by atoms with Gasteiger partial charge in [0, 0.05) is 12.4 Å². The maximum absolute atomic E-state index is 12.3. The normalized spacial score (nSPS) is 10.7. The SMILES string of the molecule is Cc1ccnc(C(C)C)c1NC(=O)NC(=O)c1c(Cl)ncc(Cl)c1Cl. The first kappa shape index (κ1) is 19.4. The Morgan fingerprint density at radius 2 is 1.84 bits per heavy atom. The van der Waals surface area contributed by atoms with Crippen molar-refractivity contribution in [3.8, 4) is 0 Å². The molecule has 0 saturated carbocycles. The van der Waals surface area contributed by atoms with Gasteiger partial charge in [-0.25, -0.2) is 9.78 Å². The van der Waals surface area contributed by atoms with E-state index >= 15 is 0 Å². The minimum absolute atomic E-state index is 0.0572. The van der Waals surface area contributed by atoms with Crippen molar-refractivity contribution in [2.24, 2.45) is 0 Å². The van der Waals surface area contributed by atoms with Crippen LogP contribution in [-0.2, 0) is 0 Å². The molecule has 25 heavy (non-hydrogen) atoms. The van der Waals surface area contributed by atoms with Crippen LogP contribution in [0, 0.1) is 6.92 Å². The lowest BCUT2D eigenvalue weighted by molar-refractivity contribution is 0.0967. The lowest BCUT2D eigenvalue weighted by Crippen LogP contribution is -2.35. The highest BCUT2D eigenvalue weighted by Gasteiger charge is 2.21. The van der Waals surface area contributed by atoms with Gasteiger partial charge in [0.15, 0.2) is 0 Å². The second kappa shape index (κ2) is 7.99. The molecule has 2 N–H and O–H groups in total. The van der Waals surface area contributed by atoms with Crippen LogP contribution in [0.2, 0.25) is 15.2 Å². The molecule has 2 heterocycles. The fourth-order valence-electron chi connectivity index (χ4n) is 2.13. The molecule has 0 bridgehead atoms. The lowest BCUT2D eigenvalue weighted by atomic mass is 10.1. The summed E-state index contributed by atoms with van der Waals surface area (Å²) in [7, 11) is 0. The molecule has 0 aromatic carbocycles. The van der Waals surface area contributed by atoms with Crippen molar-refractivity contribution in [3.63, 3.8) is 0 Å². The molecule has 0 aliphatic heterocycles. The van der Waals surface area contributed by atoms with E-state index in [0.29, 0.717) is 11.4 Å². The maximum atomic E-state index is 12.3. The second-order valence-electron chi connectivity index (χ2n) is 5.54. The summed E-state index contributed by atoms with van der Waals surface area (Å²) in [6.45, 7) is 5.74. The predicted octanol–water partition coefficient (Wildman–Crippen LogP) is 4.83. The Bertz CT molecular complexity index is 840. The highest BCUT2D eigenvalue weighted by molar-refractivity contribution is 6.46. The summed E-state index contributed by atoms with van der Waals surface area (Å²) in [5, 5.41) is 4.63. The Morgan fingerprint density at radius 3 is 2.48 bits per heavy atom. The van der Waals surface area contributed by atoms with Crippen LogP contribution in [0.25, 0.3) is 0 Å². The third kappa shape index (κ3) is 4.39. The molecule has 0 atom stereocenters. The Morgan fingerprint density at radius 1 is 1.16 bits per heavy atom. The molecule has 2 aromatic heterocycles. The van der Waals surface area contributed by atoms with Crippen LogP contribution < -0.4 is 10.6 Å². The number of hydrogen-bond acceptors (Lipinski definition) is 4. The number of carbonyl (C=O) groups excluding carboxylic acids is 2. The van der Waals surface area contributed by atoms with Crippen molar-refractivity contribution in [3.05, 3.63) is 50.5 Å². The largest absolute Gasteiger partial charge is 0.326 e. The van der Waals surface area contributed by atoms with Gasteiger partial charge in [0.05, 0.1) is 27.0 Å². The first-order chi connectivity index (χ1) is 11.7. The molecule has 0 saturated heterocycles. The monoisotopic (exact) mass is 400 g/mol. The van der Waals surface area contributed by atoms with Crippen molar-refractivity contribution in [1.29, 1.82) is 0 Å². The minimum Gasteiger partial charge on any atom is -0.306 e. The number of rotatable bonds is 3. The number of hydrogen-bond donors (Lipinski definition) is 2. The Hall–Kier alpha value is -1.89. The zero-order valence-electron chi connectivity index (χ0n) is 13.7. The van der Waals surface area contributed by atoms with E-state index in [-0.39, 0.29) is 26.7 Å². The topological polar surface area (TPSA) is 84.0 Å². The number of carbonyl (C=O) groups is 2. The van der Waals surface area contributed by atoms with Gasteiger partial charge < -0.3 is 5.32 Å². The van der Waals surface area contributed by atoms with Crippen LogP contribution in [0.4, 0.5) is 10.5 Å². The van der Waals surface area contributed by atoms with Crippen molar-refractivity contribution < 1.29 is 9.59 Å². The number of amides is 3. The van der Waals surface area contributed by atoms with Crippen molar-refractivity contribution in [2.75, 3.05) is 5.32 Å². The van der Waals surface area contributed by atoms with Crippen molar-refractivity contribution >= 4 is 52.4 Å². The van der Waals surface area contributed by atoms with E-state index in [4.69, 9.17) is 34.8 Å². The number of aromatic nitrogens is 2. The first-order valence-corrected chi connectivity index (χ1v) is 8.43. The average Bonchev–Trinajstić information content (AvgIpc) is 2.53. The Kier molecular flexibility index (Phi) is 6.21. The molecular weight excluding hydrogens is 387 g/mol. The van der Waals surface area contributed by atoms with Gasteiger partial charge in [0.25, 0.3) is 5.91 Å². The molecule has 2 aromatic rings. The summed E-state index contributed by atoms with van der Waals surface area (Å²) in [5.41, 5.74) is 1.91. The number of nitrogens with one attached hydrogen (secondary N) is 2. The lowest BCUT2D eigenvalue weighted by Gasteiger charge is -2.15. The molecule has 9 heteroatoms. The summed E-state index contributed by atoms with van der Waals surface area (Å²) in [6, 6.07) is 1.02. The minimum atomic E-state index is -0.810. The number of anilines is 1. The third-order valence-electron chi connectivity index (χ3n) is 3.35. The molecule has 0 aliphatic rings. The maximum Gasteiger partial charge on any atom is 0.326 e. The van der Waals surface area contributed by atoms with Crippen molar-refractivity contribution in [1.82, 2.24) is 15.3 Å². The summed E-state index contributed by atoms with van der Waals surface area (Å²) < 4.78 is 0. The summed E-state index contributed by atoms with van der Waals surface area (Å²) >= 11 is 17.7. The summed E-state index contributed by atoms with van der Waals surface area (Å²) in [4.78, 5) is 32.5. The molecular formula is C16H15Cl3N4O2. The van der Waals surface area contributed by atoms with Gasteiger partial charge in [-0.05, 0) is 24.5 Å².